The van der Waals surface area contributed by atoms with Crippen LogP contribution in [0.25, 0.3) is 0 Å². The number of rotatable bonds is 4. The number of phenolic OH excluding ortho intramolecular Hbond substituents is 2. The maximum atomic E-state index is 10.7. The SMILES string of the molecule is CC(=CCCc1ccc(O)c(O)c1)C(N)=O. The van der Waals surface area contributed by atoms with Gasteiger partial charge in [0.05, 0.1) is 0 Å². The van der Waals surface area contributed by atoms with Crippen molar-refractivity contribution in [3.05, 3.63) is 35.4 Å². The lowest BCUT2D eigenvalue weighted by Gasteiger charge is -2.02. The highest BCUT2D eigenvalue weighted by Gasteiger charge is 2.00. The molecule has 0 radical (unpaired) electrons. The largest absolute Gasteiger partial charge is 0.504 e. The van der Waals surface area contributed by atoms with Crippen molar-refractivity contribution < 1.29 is 15.0 Å². The van der Waals surface area contributed by atoms with E-state index < -0.39 is 5.91 Å². The summed E-state index contributed by atoms with van der Waals surface area (Å²) in [7, 11) is 0. The molecule has 1 rings (SSSR count). The minimum atomic E-state index is -0.423. The summed E-state index contributed by atoms with van der Waals surface area (Å²) in [4.78, 5) is 10.7. The van der Waals surface area contributed by atoms with Crippen molar-refractivity contribution >= 4 is 5.91 Å². The van der Waals surface area contributed by atoms with Gasteiger partial charge < -0.3 is 15.9 Å². The summed E-state index contributed by atoms with van der Waals surface area (Å²) in [6.45, 7) is 1.66. The molecule has 4 nitrogen and oxygen atoms in total. The zero-order valence-corrected chi connectivity index (χ0v) is 9.10. The summed E-state index contributed by atoms with van der Waals surface area (Å²) in [5.41, 5.74) is 6.50. The number of nitrogens with two attached hydrogens (primary N) is 1. The Balaban J connectivity index is 2.59. The Morgan fingerprint density at radius 3 is 2.62 bits per heavy atom. The van der Waals surface area contributed by atoms with Gasteiger partial charge in [0.15, 0.2) is 11.5 Å². The average Bonchev–Trinajstić information content (AvgIpc) is 2.23. The van der Waals surface area contributed by atoms with E-state index in [0.29, 0.717) is 18.4 Å². The summed E-state index contributed by atoms with van der Waals surface area (Å²) in [6.07, 6.45) is 3.10. The molecule has 16 heavy (non-hydrogen) atoms. The number of primary amides is 1. The highest BCUT2D eigenvalue weighted by molar-refractivity contribution is 5.91. The number of hydrogen-bond donors (Lipinski definition) is 3. The van der Waals surface area contributed by atoms with Gasteiger partial charge in [0.2, 0.25) is 5.91 Å². The van der Waals surface area contributed by atoms with E-state index in [1.54, 1.807) is 19.1 Å². The summed E-state index contributed by atoms with van der Waals surface area (Å²) in [5, 5.41) is 18.4. The maximum Gasteiger partial charge on any atom is 0.244 e. The minimum absolute atomic E-state index is 0.131. The lowest BCUT2D eigenvalue weighted by Crippen LogP contribution is -2.11. The molecular weight excluding hydrogens is 206 g/mol. The van der Waals surface area contributed by atoms with E-state index in [9.17, 15) is 9.90 Å². The van der Waals surface area contributed by atoms with Crippen LogP contribution in [0.3, 0.4) is 0 Å². The Hall–Kier alpha value is -1.97. The van der Waals surface area contributed by atoms with Crippen LogP contribution >= 0.6 is 0 Å². The van der Waals surface area contributed by atoms with E-state index >= 15 is 0 Å². The molecule has 0 atom stereocenters. The van der Waals surface area contributed by atoms with Crippen molar-refractivity contribution in [1.82, 2.24) is 0 Å². The lowest BCUT2D eigenvalue weighted by molar-refractivity contribution is -0.114. The zero-order valence-electron chi connectivity index (χ0n) is 9.10. The molecule has 0 aliphatic carbocycles. The van der Waals surface area contributed by atoms with Crippen molar-refractivity contribution in [2.45, 2.75) is 19.8 Å². The van der Waals surface area contributed by atoms with Gasteiger partial charge >= 0.3 is 0 Å². The quantitative estimate of drug-likeness (QED) is 0.531. The maximum absolute atomic E-state index is 10.7. The minimum Gasteiger partial charge on any atom is -0.504 e. The molecule has 0 heterocycles. The summed E-state index contributed by atoms with van der Waals surface area (Å²) in [5.74, 6) is -0.686. The predicted octanol–water partition coefficient (Wildman–Crippen LogP) is 1.46. The molecule has 0 aliphatic rings. The monoisotopic (exact) mass is 221 g/mol. The van der Waals surface area contributed by atoms with Gasteiger partial charge in [-0.2, -0.15) is 0 Å². The van der Waals surface area contributed by atoms with Crippen molar-refractivity contribution in [1.29, 1.82) is 0 Å². The van der Waals surface area contributed by atoms with Gasteiger partial charge in [-0.15, -0.1) is 0 Å². The molecule has 4 N–H and O–H groups in total. The fourth-order valence-electron chi connectivity index (χ4n) is 1.28. The molecule has 0 saturated carbocycles. The second-order valence-electron chi connectivity index (χ2n) is 3.61. The molecule has 0 aromatic heterocycles. The van der Waals surface area contributed by atoms with Crippen LogP contribution in [0.5, 0.6) is 11.5 Å². The Morgan fingerprint density at radius 2 is 2.06 bits per heavy atom. The number of aromatic hydroxyl groups is 2. The second kappa shape index (κ2) is 5.21. The Bertz CT molecular complexity index is 424. The van der Waals surface area contributed by atoms with Gasteiger partial charge in [-0.3, -0.25) is 4.79 Å². The van der Waals surface area contributed by atoms with Crippen LogP contribution in [0.2, 0.25) is 0 Å². The number of benzene rings is 1. The van der Waals surface area contributed by atoms with Crippen LogP contribution in [0.4, 0.5) is 0 Å². The van der Waals surface area contributed by atoms with Gasteiger partial charge in [0, 0.05) is 5.57 Å². The highest BCUT2D eigenvalue weighted by Crippen LogP contribution is 2.25. The summed E-state index contributed by atoms with van der Waals surface area (Å²) < 4.78 is 0. The van der Waals surface area contributed by atoms with E-state index in [1.807, 2.05) is 0 Å². The highest BCUT2D eigenvalue weighted by atomic mass is 16.3. The van der Waals surface area contributed by atoms with E-state index in [-0.39, 0.29) is 11.5 Å². The Kier molecular flexibility index (Phi) is 3.94. The number of carbonyl (C=O) groups excluding carboxylic acids is 1. The third-order valence-corrected chi connectivity index (χ3v) is 2.31. The van der Waals surface area contributed by atoms with Gasteiger partial charge in [0.1, 0.15) is 0 Å². The number of aryl methyl sites for hydroxylation is 1. The summed E-state index contributed by atoms with van der Waals surface area (Å²) in [6, 6.07) is 4.67. The molecule has 0 fully saturated rings. The third-order valence-electron chi connectivity index (χ3n) is 2.31. The van der Waals surface area contributed by atoms with E-state index in [1.165, 1.54) is 12.1 Å². The van der Waals surface area contributed by atoms with Crippen LogP contribution in [-0.2, 0) is 11.2 Å². The van der Waals surface area contributed by atoms with Crippen molar-refractivity contribution in [3.63, 3.8) is 0 Å². The van der Waals surface area contributed by atoms with Gasteiger partial charge in [0.25, 0.3) is 0 Å². The van der Waals surface area contributed by atoms with Crippen molar-refractivity contribution in [2.24, 2.45) is 5.73 Å². The standard InChI is InChI=1S/C12H15NO3/c1-8(12(13)16)3-2-4-9-5-6-10(14)11(15)7-9/h3,5-7,14-15H,2,4H2,1H3,(H2,13,16). The molecule has 0 unspecified atom stereocenters. The predicted molar refractivity (Wildman–Crippen MR) is 61.0 cm³/mol. The number of allylic oxidation sites excluding steroid dienone is 1. The molecular formula is C12H15NO3. The van der Waals surface area contributed by atoms with Crippen LogP contribution in [0.1, 0.15) is 18.9 Å². The number of hydrogen-bond acceptors (Lipinski definition) is 3. The fourth-order valence-corrected chi connectivity index (χ4v) is 1.28. The Labute approximate surface area is 94.0 Å². The lowest BCUT2D eigenvalue weighted by atomic mass is 10.1. The first kappa shape index (κ1) is 12.1. The molecule has 1 aromatic carbocycles. The Morgan fingerprint density at radius 1 is 1.38 bits per heavy atom. The van der Waals surface area contributed by atoms with Gasteiger partial charge in [-0.25, -0.2) is 0 Å². The first-order valence-electron chi connectivity index (χ1n) is 4.98. The molecule has 0 aliphatic heterocycles. The number of amides is 1. The smallest absolute Gasteiger partial charge is 0.244 e. The van der Waals surface area contributed by atoms with Gasteiger partial charge in [-0.1, -0.05) is 12.1 Å². The third kappa shape index (κ3) is 3.31. The molecule has 1 aromatic rings. The molecule has 0 saturated heterocycles. The number of phenols is 2. The van der Waals surface area contributed by atoms with Gasteiger partial charge in [-0.05, 0) is 37.5 Å². The topological polar surface area (TPSA) is 83.6 Å². The van der Waals surface area contributed by atoms with E-state index in [4.69, 9.17) is 10.8 Å². The van der Waals surface area contributed by atoms with E-state index in [2.05, 4.69) is 0 Å². The fraction of sp³-hybridized carbons (Fsp3) is 0.250. The first-order valence-corrected chi connectivity index (χ1v) is 4.98. The molecule has 0 spiro atoms. The molecule has 4 heteroatoms. The van der Waals surface area contributed by atoms with Crippen LogP contribution in [0, 0.1) is 0 Å². The first-order chi connectivity index (χ1) is 7.50. The molecule has 0 bridgehead atoms. The average molecular weight is 221 g/mol. The van der Waals surface area contributed by atoms with Crippen LogP contribution < -0.4 is 5.73 Å². The molecule has 1 amide bonds. The van der Waals surface area contributed by atoms with Crippen molar-refractivity contribution in [3.8, 4) is 11.5 Å². The second-order valence-corrected chi connectivity index (χ2v) is 3.61. The summed E-state index contributed by atoms with van der Waals surface area (Å²) >= 11 is 0. The van der Waals surface area contributed by atoms with Crippen LogP contribution in [-0.4, -0.2) is 16.1 Å². The normalized spacial score (nSPS) is 11.4. The van der Waals surface area contributed by atoms with Crippen molar-refractivity contribution in [2.75, 3.05) is 0 Å². The zero-order chi connectivity index (χ0) is 12.1. The van der Waals surface area contributed by atoms with E-state index in [0.717, 1.165) is 5.56 Å². The molecule has 86 valence electrons. The number of carbonyl (C=O) groups is 1. The van der Waals surface area contributed by atoms with Crippen LogP contribution in [0.15, 0.2) is 29.8 Å².